The van der Waals surface area contributed by atoms with E-state index in [0.717, 1.165) is 30.9 Å². The molecule has 9 heteroatoms. The molecule has 1 aliphatic heterocycles. The number of nitrogens with zero attached hydrogens (tertiary/aromatic N) is 6. The van der Waals surface area contributed by atoms with Gasteiger partial charge in [0, 0.05) is 42.1 Å². The Hall–Kier alpha value is -4.03. The minimum Gasteiger partial charge on any atom is -0.324 e. The van der Waals surface area contributed by atoms with Crippen LogP contribution in [0, 0.1) is 11.3 Å². The summed E-state index contributed by atoms with van der Waals surface area (Å²) in [5.74, 6) is 0.402. The number of nitrogens with one attached hydrogen (secondary N) is 2. The molecule has 35 heavy (non-hydrogen) atoms. The maximum absolute atomic E-state index is 13.2. The second kappa shape index (κ2) is 8.64. The van der Waals surface area contributed by atoms with E-state index < -0.39 is 0 Å². The predicted molar refractivity (Wildman–Crippen MR) is 135 cm³/mol. The van der Waals surface area contributed by atoms with Gasteiger partial charge in [-0.3, -0.25) is 4.79 Å². The standard InChI is InChI=1S/C26H28N8O/c1-5-33-24(35)21-15-29-25(31-18-7-6-17-14-28-9-8-16(17)10-18)32-23(21)34(33)20-11-19(13-27)30-22(12-20)26(2,3)4/h6-7,10-12,15,28H,5,8-9,14H2,1-4H3,(H,29,31,32). The van der Waals surface area contributed by atoms with Crippen LogP contribution in [0.15, 0.2) is 41.3 Å². The second-order valence-electron chi connectivity index (χ2n) is 9.76. The molecule has 0 saturated heterocycles. The number of hydrogen-bond acceptors (Lipinski definition) is 7. The lowest BCUT2D eigenvalue weighted by atomic mass is 9.91. The predicted octanol–water partition coefficient (Wildman–Crippen LogP) is 3.56. The Labute approximate surface area is 203 Å². The van der Waals surface area contributed by atoms with E-state index in [2.05, 4.69) is 38.8 Å². The Balaban J connectivity index is 1.64. The topological polar surface area (TPSA) is 113 Å². The summed E-state index contributed by atoms with van der Waals surface area (Å²) in [4.78, 5) is 26.8. The molecule has 1 aromatic carbocycles. The van der Waals surface area contributed by atoms with Gasteiger partial charge >= 0.3 is 0 Å². The third-order valence-corrected chi connectivity index (χ3v) is 6.26. The van der Waals surface area contributed by atoms with Gasteiger partial charge in [0.25, 0.3) is 5.56 Å². The molecule has 0 bridgehead atoms. The van der Waals surface area contributed by atoms with Crippen LogP contribution in [-0.4, -0.2) is 30.9 Å². The molecule has 0 saturated carbocycles. The van der Waals surface area contributed by atoms with E-state index in [1.807, 2.05) is 39.8 Å². The average molecular weight is 469 g/mol. The molecule has 9 nitrogen and oxygen atoms in total. The molecule has 178 valence electrons. The summed E-state index contributed by atoms with van der Waals surface area (Å²) >= 11 is 0. The Morgan fingerprint density at radius 3 is 2.74 bits per heavy atom. The zero-order valence-electron chi connectivity index (χ0n) is 20.4. The molecule has 0 amide bonds. The van der Waals surface area contributed by atoms with Gasteiger partial charge in [-0.1, -0.05) is 26.8 Å². The summed E-state index contributed by atoms with van der Waals surface area (Å²) in [6, 6.07) is 12.0. The molecule has 3 aromatic heterocycles. The Morgan fingerprint density at radius 2 is 2.00 bits per heavy atom. The van der Waals surface area contributed by atoms with Crippen LogP contribution >= 0.6 is 0 Å². The lowest BCUT2D eigenvalue weighted by molar-refractivity contribution is 0.556. The van der Waals surface area contributed by atoms with Gasteiger partial charge in [0.15, 0.2) is 5.65 Å². The van der Waals surface area contributed by atoms with E-state index in [9.17, 15) is 10.1 Å². The van der Waals surface area contributed by atoms with Gasteiger partial charge in [-0.15, -0.1) is 0 Å². The number of aromatic nitrogens is 5. The highest BCUT2D eigenvalue weighted by Gasteiger charge is 2.22. The van der Waals surface area contributed by atoms with E-state index in [1.165, 1.54) is 11.1 Å². The van der Waals surface area contributed by atoms with Crippen LogP contribution < -0.4 is 16.2 Å². The minimum absolute atomic E-state index is 0.178. The molecule has 5 rings (SSSR count). The average Bonchev–Trinajstić information content (AvgIpc) is 3.14. The lowest BCUT2D eigenvalue weighted by Gasteiger charge is -2.20. The summed E-state index contributed by atoms with van der Waals surface area (Å²) in [5.41, 5.74) is 5.26. The van der Waals surface area contributed by atoms with E-state index in [0.29, 0.717) is 34.9 Å². The molecule has 0 aliphatic carbocycles. The highest BCUT2D eigenvalue weighted by atomic mass is 16.1. The Kier molecular flexibility index (Phi) is 5.61. The summed E-state index contributed by atoms with van der Waals surface area (Å²) < 4.78 is 3.37. The van der Waals surface area contributed by atoms with E-state index in [4.69, 9.17) is 4.98 Å². The molecule has 0 spiro atoms. The van der Waals surface area contributed by atoms with Crippen molar-refractivity contribution in [3.8, 4) is 11.8 Å². The maximum Gasteiger partial charge on any atom is 0.278 e. The molecule has 1 aliphatic rings. The van der Waals surface area contributed by atoms with Crippen molar-refractivity contribution < 1.29 is 0 Å². The van der Waals surface area contributed by atoms with E-state index in [-0.39, 0.29) is 11.0 Å². The number of benzene rings is 1. The first-order valence-corrected chi connectivity index (χ1v) is 11.8. The number of rotatable bonds is 4. The van der Waals surface area contributed by atoms with E-state index in [1.54, 1.807) is 21.6 Å². The fraction of sp³-hybridized carbons (Fsp3) is 0.346. The largest absolute Gasteiger partial charge is 0.324 e. The lowest BCUT2D eigenvalue weighted by Crippen LogP contribution is -2.23. The Morgan fingerprint density at radius 1 is 1.17 bits per heavy atom. The van der Waals surface area contributed by atoms with Crippen LogP contribution in [-0.2, 0) is 24.9 Å². The third kappa shape index (κ3) is 4.17. The molecule has 0 unspecified atom stereocenters. The zero-order valence-corrected chi connectivity index (χ0v) is 20.4. The van der Waals surface area contributed by atoms with Gasteiger partial charge in [-0.25, -0.2) is 19.3 Å². The summed E-state index contributed by atoms with van der Waals surface area (Å²) in [7, 11) is 0. The number of anilines is 2. The van der Waals surface area contributed by atoms with Crippen molar-refractivity contribution in [2.45, 2.75) is 52.6 Å². The molecular weight excluding hydrogens is 440 g/mol. The highest BCUT2D eigenvalue weighted by Crippen LogP contribution is 2.26. The Bertz CT molecular complexity index is 1530. The van der Waals surface area contributed by atoms with Crippen molar-refractivity contribution in [1.82, 2.24) is 29.6 Å². The van der Waals surface area contributed by atoms with Crippen LogP contribution in [0.5, 0.6) is 0 Å². The first-order valence-electron chi connectivity index (χ1n) is 11.8. The van der Waals surface area contributed by atoms with Crippen molar-refractivity contribution in [1.29, 1.82) is 5.26 Å². The van der Waals surface area contributed by atoms with Crippen molar-refractivity contribution in [3.05, 3.63) is 69.4 Å². The van der Waals surface area contributed by atoms with Crippen molar-refractivity contribution >= 4 is 22.7 Å². The van der Waals surface area contributed by atoms with Crippen molar-refractivity contribution in [3.63, 3.8) is 0 Å². The molecule has 0 fully saturated rings. The van der Waals surface area contributed by atoms with Crippen LogP contribution in [0.2, 0.25) is 0 Å². The molecule has 2 N–H and O–H groups in total. The monoisotopic (exact) mass is 468 g/mol. The molecule has 0 atom stereocenters. The van der Waals surface area contributed by atoms with Gasteiger partial charge in [0.2, 0.25) is 5.95 Å². The van der Waals surface area contributed by atoms with Crippen LogP contribution in [0.3, 0.4) is 0 Å². The normalized spacial score (nSPS) is 13.5. The fourth-order valence-electron chi connectivity index (χ4n) is 4.40. The second-order valence-corrected chi connectivity index (χ2v) is 9.76. The third-order valence-electron chi connectivity index (χ3n) is 6.26. The number of hydrogen-bond donors (Lipinski definition) is 2. The zero-order chi connectivity index (χ0) is 24.7. The van der Waals surface area contributed by atoms with Gasteiger partial charge < -0.3 is 10.6 Å². The smallest absolute Gasteiger partial charge is 0.278 e. The number of fused-ring (bicyclic) bond motifs is 2. The quantitative estimate of drug-likeness (QED) is 0.471. The summed E-state index contributed by atoms with van der Waals surface area (Å²) in [6.45, 7) is 10.3. The molecule has 4 heterocycles. The van der Waals surface area contributed by atoms with Crippen molar-refractivity contribution in [2.24, 2.45) is 0 Å². The van der Waals surface area contributed by atoms with E-state index >= 15 is 0 Å². The number of nitriles is 1. The van der Waals surface area contributed by atoms with Crippen LogP contribution in [0.4, 0.5) is 11.6 Å². The summed E-state index contributed by atoms with van der Waals surface area (Å²) in [6.07, 6.45) is 2.54. The van der Waals surface area contributed by atoms with Gasteiger partial charge in [-0.2, -0.15) is 10.2 Å². The van der Waals surface area contributed by atoms with Crippen LogP contribution in [0.1, 0.15) is 50.2 Å². The van der Waals surface area contributed by atoms with Gasteiger partial charge in [0.1, 0.15) is 17.1 Å². The maximum atomic E-state index is 13.2. The molecule has 4 aromatic rings. The van der Waals surface area contributed by atoms with Gasteiger partial charge in [0.05, 0.1) is 5.69 Å². The number of pyridine rings is 1. The van der Waals surface area contributed by atoms with Crippen LogP contribution in [0.25, 0.3) is 16.7 Å². The van der Waals surface area contributed by atoms with Crippen molar-refractivity contribution in [2.75, 3.05) is 11.9 Å². The minimum atomic E-state index is -0.272. The fourth-order valence-corrected chi connectivity index (χ4v) is 4.40. The first-order chi connectivity index (χ1) is 16.8. The molecule has 0 radical (unpaired) electrons. The molecular formula is C26H28N8O. The summed E-state index contributed by atoms with van der Waals surface area (Å²) in [5, 5.41) is 16.7. The highest BCUT2D eigenvalue weighted by molar-refractivity contribution is 5.77. The van der Waals surface area contributed by atoms with Gasteiger partial charge in [-0.05, 0) is 49.2 Å². The SMILES string of the molecule is CCn1c(=O)c2cnc(Nc3ccc4c(c3)CCNC4)nc2n1-c1cc(C#N)nc(C(C)(C)C)c1. The first kappa shape index (κ1) is 22.7.